The van der Waals surface area contributed by atoms with Gasteiger partial charge in [0, 0.05) is 25.0 Å². The van der Waals surface area contributed by atoms with Crippen LogP contribution in [0.3, 0.4) is 0 Å². The fourth-order valence-corrected chi connectivity index (χ4v) is 3.17. The van der Waals surface area contributed by atoms with E-state index in [1.54, 1.807) is 12.1 Å². The molecule has 1 fully saturated rings. The second-order valence-electron chi connectivity index (χ2n) is 4.15. The molecule has 5 nitrogen and oxygen atoms in total. The van der Waals surface area contributed by atoms with Crippen molar-refractivity contribution in [1.29, 1.82) is 0 Å². The van der Waals surface area contributed by atoms with Crippen molar-refractivity contribution in [3.05, 3.63) is 29.8 Å². The monoisotopic (exact) mass is 277 g/mol. The molecule has 0 saturated carbocycles. The van der Waals surface area contributed by atoms with Crippen molar-refractivity contribution in [3.63, 3.8) is 0 Å². The van der Waals surface area contributed by atoms with Gasteiger partial charge >= 0.3 is 29.6 Å². The first-order valence-corrected chi connectivity index (χ1v) is 6.63. The first kappa shape index (κ1) is 15.7. The van der Waals surface area contributed by atoms with Crippen LogP contribution in [0.25, 0.3) is 0 Å². The SMILES string of the molecule is Cc1ccc(S(=O)(=O)N2CC(C(=O)[O-])C2)cc1.[Na+]. The Labute approximate surface area is 128 Å². The number of carboxylic acid groups (broad SMARTS) is 1. The molecule has 0 amide bonds. The standard InChI is InChI=1S/C11H13NO4S.Na/c1-8-2-4-10(5-3-8)17(15,16)12-6-9(7-12)11(13)14;/h2-5,9H,6-7H2,1H3,(H,13,14);/q;+1/p-1. The van der Waals surface area contributed by atoms with Crippen LogP contribution in [0.5, 0.6) is 0 Å². The van der Waals surface area contributed by atoms with E-state index in [0.29, 0.717) is 0 Å². The molecular formula is C11H12NNaO4S. The van der Waals surface area contributed by atoms with Gasteiger partial charge < -0.3 is 9.90 Å². The fraction of sp³-hybridized carbons (Fsp3) is 0.364. The molecule has 0 unspecified atom stereocenters. The van der Waals surface area contributed by atoms with E-state index >= 15 is 0 Å². The molecule has 7 heteroatoms. The summed E-state index contributed by atoms with van der Waals surface area (Å²) in [5.41, 5.74) is 0.972. The van der Waals surface area contributed by atoms with E-state index in [-0.39, 0.29) is 47.5 Å². The molecule has 2 rings (SSSR count). The summed E-state index contributed by atoms with van der Waals surface area (Å²) in [7, 11) is -3.54. The smallest absolute Gasteiger partial charge is 0.550 e. The Balaban J connectivity index is 0.00000162. The third-order valence-electron chi connectivity index (χ3n) is 2.84. The fourth-order valence-electron chi connectivity index (χ4n) is 1.64. The number of aryl methyl sites for hydroxylation is 1. The van der Waals surface area contributed by atoms with Gasteiger partial charge in [0.15, 0.2) is 0 Å². The second-order valence-corrected chi connectivity index (χ2v) is 6.09. The van der Waals surface area contributed by atoms with E-state index in [1.165, 1.54) is 12.1 Å². The first-order chi connectivity index (χ1) is 7.91. The Morgan fingerprint density at radius 1 is 1.28 bits per heavy atom. The van der Waals surface area contributed by atoms with E-state index in [0.717, 1.165) is 9.87 Å². The molecule has 0 aromatic heterocycles. The summed E-state index contributed by atoms with van der Waals surface area (Å²) in [6.07, 6.45) is 0. The van der Waals surface area contributed by atoms with Crippen molar-refractivity contribution in [3.8, 4) is 0 Å². The third-order valence-corrected chi connectivity index (χ3v) is 4.69. The van der Waals surface area contributed by atoms with Crippen LogP contribution in [0.4, 0.5) is 0 Å². The zero-order chi connectivity index (χ0) is 12.6. The van der Waals surface area contributed by atoms with Gasteiger partial charge in [-0.05, 0) is 19.1 Å². The van der Waals surface area contributed by atoms with Crippen molar-refractivity contribution < 1.29 is 47.9 Å². The predicted molar refractivity (Wildman–Crippen MR) is 58.4 cm³/mol. The minimum Gasteiger partial charge on any atom is -0.550 e. The number of aliphatic carboxylic acids is 1. The average molecular weight is 277 g/mol. The summed E-state index contributed by atoms with van der Waals surface area (Å²) in [4.78, 5) is 10.7. The molecule has 0 aliphatic carbocycles. The maximum absolute atomic E-state index is 12.0. The Morgan fingerprint density at radius 3 is 2.22 bits per heavy atom. The summed E-state index contributed by atoms with van der Waals surface area (Å²) in [6, 6.07) is 6.47. The summed E-state index contributed by atoms with van der Waals surface area (Å²) >= 11 is 0. The first-order valence-electron chi connectivity index (χ1n) is 5.19. The Hall–Kier alpha value is -0.400. The molecule has 0 bridgehead atoms. The van der Waals surface area contributed by atoms with Crippen molar-refractivity contribution in [2.75, 3.05) is 13.1 Å². The number of carboxylic acids is 1. The average Bonchev–Trinajstić information content (AvgIpc) is 2.14. The van der Waals surface area contributed by atoms with Crippen molar-refractivity contribution in [1.82, 2.24) is 4.31 Å². The number of benzene rings is 1. The molecule has 1 saturated heterocycles. The Bertz CT molecular complexity index is 535. The van der Waals surface area contributed by atoms with Crippen molar-refractivity contribution in [2.45, 2.75) is 11.8 Å². The van der Waals surface area contributed by atoms with Gasteiger partial charge in [0.2, 0.25) is 10.0 Å². The number of rotatable bonds is 3. The van der Waals surface area contributed by atoms with Crippen LogP contribution in [-0.2, 0) is 14.8 Å². The zero-order valence-electron chi connectivity index (χ0n) is 10.3. The van der Waals surface area contributed by atoms with Gasteiger partial charge in [0.05, 0.1) is 4.90 Å². The van der Waals surface area contributed by atoms with E-state index < -0.39 is 21.9 Å². The molecule has 1 aliphatic heterocycles. The molecule has 92 valence electrons. The van der Waals surface area contributed by atoms with Crippen LogP contribution in [0.2, 0.25) is 0 Å². The van der Waals surface area contributed by atoms with Crippen molar-refractivity contribution >= 4 is 16.0 Å². The maximum Gasteiger partial charge on any atom is 1.00 e. The minimum atomic E-state index is -3.54. The molecule has 0 radical (unpaired) electrons. The Morgan fingerprint density at radius 2 is 1.78 bits per heavy atom. The molecule has 0 N–H and O–H groups in total. The summed E-state index contributed by atoms with van der Waals surface area (Å²) in [5.74, 6) is -1.88. The van der Waals surface area contributed by atoms with Gasteiger partial charge in [0.1, 0.15) is 0 Å². The van der Waals surface area contributed by atoms with Gasteiger partial charge in [-0.2, -0.15) is 4.31 Å². The van der Waals surface area contributed by atoms with Crippen LogP contribution >= 0.6 is 0 Å². The van der Waals surface area contributed by atoms with Gasteiger partial charge in [-0.15, -0.1) is 0 Å². The van der Waals surface area contributed by atoms with Gasteiger partial charge in [-0.3, -0.25) is 0 Å². The predicted octanol–water partition coefficient (Wildman–Crippen LogP) is -3.63. The molecular weight excluding hydrogens is 265 g/mol. The maximum atomic E-state index is 12.0. The van der Waals surface area contributed by atoms with E-state index in [9.17, 15) is 18.3 Å². The van der Waals surface area contributed by atoms with Crippen LogP contribution in [0.15, 0.2) is 29.2 Å². The van der Waals surface area contributed by atoms with Crippen molar-refractivity contribution in [2.24, 2.45) is 5.92 Å². The van der Waals surface area contributed by atoms with E-state index in [1.807, 2.05) is 6.92 Å². The Kier molecular flexibility index (Phi) is 4.97. The molecule has 1 aromatic carbocycles. The van der Waals surface area contributed by atoms with Crippen LogP contribution in [0.1, 0.15) is 5.56 Å². The minimum absolute atomic E-state index is 0. The number of hydrogen-bond acceptors (Lipinski definition) is 4. The second kappa shape index (κ2) is 5.71. The number of nitrogens with zero attached hydrogens (tertiary/aromatic N) is 1. The number of sulfonamides is 1. The van der Waals surface area contributed by atoms with Gasteiger partial charge in [-0.25, -0.2) is 8.42 Å². The summed E-state index contributed by atoms with van der Waals surface area (Å²) < 4.78 is 25.2. The zero-order valence-corrected chi connectivity index (χ0v) is 13.1. The van der Waals surface area contributed by atoms with Crippen LogP contribution in [-0.4, -0.2) is 31.8 Å². The largest absolute Gasteiger partial charge is 1.00 e. The van der Waals surface area contributed by atoms with Gasteiger partial charge in [-0.1, -0.05) is 17.7 Å². The van der Waals surface area contributed by atoms with E-state index in [2.05, 4.69) is 0 Å². The number of hydrogen-bond donors (Lipinski definition) is 0. The van der Waals surface area contributed by atoms with Crippen LogP contribution in [0, 0.1) is 12.8 Å². The molecule has 0 spiro atoms. The topological polar surface area (TPSA) is 77.5 Å². The summed E-state index contributed by atoms with van der Waals surface area (Å²) in [6.45, 7) is 1.86. The molecule has 1 aromatic rings. The molecule has 18 heavy (non-hydrogen) atoms. The molecule has 1 heterocycles. The normalized spacial score (nSPS) is 16.7. The molecule has 0 atom stereocenters. The quantitative estimate of drug-likeness (QED) is 0.534. The number of carbonyl (C=O) groups excluding carboxylic acids is 1. The van der Waals surface area contributed by atoms with Crippen LogP contribution < -0.4 is 34.7 Å². The third kappa shape index (κ3) is 2.95. The van der Waals surface area contributed by atoms with E-state index in [4.69, 9.17) is 0 Å². The summed E-state index contributed by atoms with van der Waals surface area (Å²) in [5, 5.41) is 10.5. The number of carbonyl (C=O) groups is 1. The van der Waals surface area contributed by atoms with Gasteiger partial charge in [0.25, 0.3) is 0 Å². The molecule has 1 aliphatic rings.